The molecule has 2 unspecified atom stereocenters. The molecule has 2 heteroatoms. The Kier molecular flexibility index (Phi) is 4.19. The number of para-hydroxylation sites is 1. The fraction of sp³-hybridized carbons (Fsp3) is 0.647. The van der Waals surface area contributed by atoms with Crippen molar-refractivity contribution in [1.29, 1.82) is 0 Å². The van der Waals surface area contributed by atoms with Crippen LogP contribution in [0.15, 0.2) is 24.3 Å². The molecular weight excluding hydrogens is 234 g/mol. The van der Waals surface area contributed by atoms with Crippen LogP contribution in [0.3, 0.4) is 0 Å². The third-order valence-electron chi connectivity index (χ3n) is 4.05. The fourth-order valence-corrected chi connectivity index (χ4v) is 3.49. The number of rotatable bonds is 3. The van der Waals surface area contributed by atoms with Gasteiger partial charge in [-0.1, -0.05) is 39.0 Å². The maximum absolute atomic E-state index is 6.27. The van der Waals surface area contributed by atoms with Crippen molar-refractivity contribution in [3.8, 4) is 5.75 Å². The van der Waals surface area contributed by atoms with Gasteiger partial charge >= 0.3 is 0 Å². The first-order valence-corrected chi connectivity index (χ1v) is 7.38. The highest BCUT2D eigenvalue weighted by molar-refractivity contribution is 5.35. The van der Waals surface area contributed by atoms with Crippen molar-refractivity contribution in [2.45, 2.75) is 59.1 Å². The highest BCUT2D eigenvalue weighted by atomic mass is 16.5. The molecule has 2 nitrogen and oxygen atoms in total. The largest absolute Gasteiger partial charge is 0.490 e. The molecule has 1 aliphatic rings. The number of ether oxygens (including phenoxy) is 1. The standard InChI is InChI=1S/C17H27NO/c1-12-9-14(11-17(3,4)10-12)19-16-8-6-5-7-15(16)13(2)18/h5-8,12-14H,9-11,18H2,1-4H3/t12?,13-,14?/m0/s1. The Morgan fingerprint density at radius 3 is 2.58 bits per heavy atom. The van der Waals surface area contributed by atoms with Gasteiger partial charge in [-0.2, -0.15) is 0 Å². The van der Waals surface area contributed by atoms with Crippen LogP contribution in [-0.4, -0.2) is 6.10 Å². The summed E-state index contributed by atoms with van der Waals surface area (Å²) in [4.78, 5) is 0. The van der Waals surface area contributed by atoms with Crippen LogP contribution in [0.25, 0.3) is 0 Å². The summed E-state index contributed by atoms with van der Waals surface area (Å²) in [5.41, 5.74) is 7.51. The Morgan fingerprint density at radius 2 is 1.95 bits per heavy atom. The summed E-state index contributed by atoms with van der Waals surface area (Å²) in [6, 6.07) is 8.19. The quantitative estimate of drug-likeness (QED) is 0.880. The van der Waals surface area contributed by atoms with Gasteiger partial charge in [0.1, 0.15) is 5.75 Å². The van der Waals surface area contributed by atoms with Crippen molar-refractivity contribution in [2.24, 2.45) is 17.1 Å². The van der Waals surface area contributed by atoms with E-state index < -0.39 is 0 Å². The predicted octanol–water partition coefficient (Wildman–Crippen LogP) is 4.30. The molecule has 0 aliphatic heterocycles. The van der Waals surface area contributed by atoms with Crippen molar-refractivity contribution >= 4 is 0 Å². The molecule has 0 bridgehead atoms. The lowest BCUT2D eigenvalue weighted by atomic mass is 9.71. The second-order valence-electron chi connectivity index (χ2n) is 6.98. The summed E-state index contributed by atoms with van der Waals surface area (Å²) in [5.74, 6) is 1.70. The summed E-state index contributed by atoms with van der Waals surface area (Å²) in [5, 5.41) is 0. The van der Waals surface area contributed by atoms with Gasteiger partial charge in [0, 0.05) is 11.6 Å². The van der Waals surface area contributed by atoms with Crippen LogP contribution in [0.1, 0.15) is 58.6 Å². The molecule has 3 atom stereocenters. The van der Waals surface area contributed by atoms with Gasteiger partial charge in [-0.15, -0.1) is 0 Å². The third-order valence-corrected chi connectivity index (χ3v) is 4.05. The first kappa shape index (κ1) is 14.4. The van der Waals surface area contributed by atoms with E-state index in [1.165, 1.54) is 6.42 Å². The van der Waals surface area contributed by atoms with Crippen LogP contribution >= 0.6 is 0 Å². The maximum atomic E-state index is 6.27. The maximum Gasteiger partial charge on any atom is 0.124 e. The first-order chi connectivity index (χ1) is 8.87. The van der Waals surface area contributed by atoms with E-state index >= 15 is 0 Å². The molecule has 0 saturated heterocycles. The summed E-state index contributed by atoms with van der Waals surface area (Å²) < 4.78 is 6.27. The van der Waals surface area contributed by atoms with Crippen molar-refractivity contribution in [3.63, 3.8) is 0 Å². The Morgan fingerprint density at radius 1 is 1.26 bits per heavy atom. The first-order valence-electron chi connectivity index (χ1n) is 7.38. The number of benzene rings is 1. The highest BCUT2D eigenvalue weighted by Crippen LogP contribution is 2.40. The molecule has 0 heterocycles. The molecule has 0 radical (unpaired) electrons. The van der Waals surface area contributed by atoms with Crippen LogP contribution in [-0.2, 0) is 0 Å². The minimum atomic E-state index is 0.0187. The van der Waals surface area contributed by atoms with Crippen molar-refractivity contribution in [2.75, 3.05) is 0 Å². The van der Waals surface area contributed by atoms with E-state index in [4.69, 9.17) is 10.5 Å². The normalized spacial score (nSPS) is 27.8. The van der Waals surface area contributed by atoms with Gasteiger partial charge in [-0.3, -0.25) is 0 Å². The summed E-state index contributed by atoms with van der Waals surface area (Å²) in [6.07, 6.45) is 3.89. The molecular formula is C17H27NO. The second kappa shape index (κ2) is 5.54. The smallest absolute Gasteiger partial charge is 0.124 e. The minimum Gasteiger partial charge on any atom is -0.490 e. The van der Waals surface area contributed by atoms with Crippen LogP contribution in [0.5, 0.6) is 5.75 Å². The van der Waals surface area contributed by atoms with E-state index in [0.717, 1.165) is 30.1 Å². The molecule has 2 N–H and O–H groups in total. The number of nitrogens with two attached hydrogens (primary N) is 1. The van der Waals surface area contributed by atoms with E-state index in [1.807, 2.05) is 25.1 Å². The predicted molar refractivity (Wildman–Crippen MR) is 80.3 cm³/mol. The lowest BCUT2D eigenvalue weighted by molar-refractivity contribution is 0.0554. The molecule has 1 fully saturated rings. The van der Waals surface area contributed by atoms with E-state index in [9.17, 15) is 0 Å². The van der Waals surface area contributed by atoms with Crippen molar-refractivity contribution < 1.29 is 4.74 Å². The van der Waals surface area contributed by atoms with Gasteiger partial charge in [0.05, 0.1) is 6.10 Å². The topological polar surface area (TPSA) is 35.2 Å². The van der Waals surface area contributed by atoms with Crippen molar-refractivity contribution in [1.82, 2.24) is 0 Å². The average Bonchev–Trinajstić information content (AvgIpc) is 2.26. The molecule has 106 valence electrons. The third kappa shape index (κ3) is 3.73. The highest BCUT2D eigenvalue weighted by Gasteiger charge is 2.33. The molecule has 19 heavy (non-hydrogen) atoms. The summed E-state index contributed by atoms with van der Waals surface area (Å²) in [7, 11) is 0. The van der Waals surface area contributed by atoms with Crippen molar-refractivity contribution in [3.05, 3.63) is 29.8 Å². The van der Waals surface area contributed by atoms with E-state index in [1.54, 1.807) is 0 Å². The van der Waals surface area contributed by atoms with Gasteiger partial charge < -0.3 is 10.5 Å². The van der Waals surface area contributed by atoms with Gasteiger partial charge in [0.2, 0.25) is 0 Å². The van der Waals surface area contributed by atoms with Gasteiger partial charge in [-0.25, -0.2) is 0 Å². The zero-order chi connectivity index (χ0) is 14.0. The van der Waals surface area contributed by atoms with E-state index in [2.05, 4.69) is 26.8 Å². The van der Waals surface area contributed by atoms with E-state index in [0.29, 0.717) is 11.5 Å². The molecule has 1 saturated carbocycles. The van der Waals surface area contributed by atoms with Crippen LogP contribution in [0, 0.1) is 11.3 Å². The molecule has 0 amide bonds. The molecule has 1 aromatic carbocycles. The van der Waals surface area contributed by atoms with Crippen LogP contribution in [0.2, 0.25) is 0 Å². The number of hydrogen-bond acceptors (Lipinski definition) is 2. The number of hydrogen-bond donors (Lipinski definition) is 1. The minimum absolute atomic E-state index is 0.0187. The van der Waals surface area contributed by atoms with E-state index in [-0.39, 0.29) is 6.04 Å². The molecule has 0 spiro atoms. The van der Waals surface area contributed by atoms with Gasteiger partial charge in [-0.05, 0) is 43.6 Å². The summed E-state index contributed by atoms with van der Waals surface area (Å²) >= 11 is 0. The fourth-order valence-electron chi connectivity index (χ4n) is 3.49. The van der Waals surface area contributed by atoms with Crippen LogP contribution in [0.4, 0.5) is 0 Å². The Hall–Kier alpha value is -1.02. The zero-order valence-electron chi connectivity index (χ0n) is 12.6. The molecule has 2 rings (SSSR count). The molecule has 1 aromatic rings. The average molecular weight is 261 g/mol. The van der Waals surface area contributed by atoms with Crippen LogP contribution < -0.4 is 10.5 Å². The molecule has 1 aliphatic carbocycles. The Labute approximate surface area is 117 Å². The Balaban J connectivity index is 2.13. The Bertz CT molecular complexity index is 425. The second-order valence-corrected chi connectivity index (χ2v) is 6.98. The lowest BCUT2D eigenvalue weighted by Gasteiger charge is -2.39. The zero-order valence-corrected chi connectivity index (χ0v) is 12.6. The lowest BCUT2D eigenvalue weighted by Crippen LogP contribution is -2.34. The van der Waals surface area contributed by atoms with Gasteiger partial charge in [0.15, 0.2) is 0 Å². The molecule has 0 aromatic heterocycles. The SMILES string of the molecule is CC1CC(Oc2ccccc2[C@H](C)N)CC(C)(C)C1. The van der Waals surface area contributed by atoms with Gasteiger partial charge in [0.25, 0.3) is 0 Å². The monoisotopic (exact) mass is 261 g/mol. The summed E-state index contributed by atoms with van der Waals surface area (Å²) in [6.45, 7) is 9.03.